The molecule has 2 aliphatic carbocycles. The van der Waals surface area contributed by atoms with Crippen molar-refractivity contribution in [2.45, 2.75) is 37.5 Å². The quantitative estimate of drug-likeness (QED) is 0.795. The zero-order valence-corrected chi connectivity index (χ0v) is 14.8. The van der Waals surface area contributed by atoms with E-state index in [-0.39, 0.29) is 11.7 Å². The lowest BCUT2D eigenvalue weighted by Crippen LogP contribution is -2.35. The summed E-state index contributed by atoms with van der Waals surface area (Å²) in [6, 6.07) is 13.9. The molecule has 0 amide bonds. The zero-order chi connectivity index (χ0) is 17.4. The van der Waals surface area contributed by atoms with Gasteiger partial charge in [-0.15, -0.1) is 0 Å². The van der Waals surface area contributed by atoms with Gasteiger partial charge >= 0.3 is 0 Å². The second-order valence-electron chi connectivity index (χ2n) is 7.09. The van der Waals surface area contributed by atoms with Gasteiger partial charge in [0, 0.05) is 11.1 Å². The van der Waals surface area contributed by atoms with E-state index in [9.17, 15) is 4.79 Å². The van der Waals surface area contributed by atoms with Crippen LogP contribution in [0.1, 0.15) is 59.0 Å². The Morgan fingerprint density at radius 2 is 1.68 bits per heavy atom. The number of hydrogen-bond acceptors (Lipinski definition) is 3. The van der Waals surface area contributed by atoms with Crippen molar-refractivity contribution >= 4 is 5.78 Å². The second-order valence-corrected chi connectivity index (χ2v) is 7.09. The predicted molar refractivity (Wildman–Crippen MR) is 97.8 cm³/mol. The Morgan fingerprint density at radius 3 is 2.40 bits per heavy atom. The number of carbonyl (C=O) groups is 1. The molecule has 0 N–H and O–H groups in total. The molecule has 2 aliphatic rings. The van der Waals surface area contributed by atoms with Gasteiger partial charge in [0.1, 0.15) is 11.5 Å². The van der Waals surface area contributed by atoms with E-state index in [4.69, 9.17) is 9.47 Å². The fraction of sp³-hybridized carbons (Fsp3) is 0.409. The molecule has 2 aromatic rings. The molecule has 4 rings (SSSR count). The molecule has 3 nitrogen and oxygen atoms in total. The third kappa shape index (κ3) is 2.62. The van der Waals surface area contributed by atoms with Crippen molar-refractivity contribution in [3.05, 3.63) is 59.2 Å². The van der Waals surface area contributed by atoms with Gasteiger partial charge in [0.25, 0.3) is 0 Å². The molecule has 1 unspecified atom stereocenters. The summed E-state index contributed by atoms with van der Waals surface area (Å²) < 4.78 is 10.9. The molecule has 0 heterocycles. The van der Waals surface area contributed by atoms with E-state index < -0.39 is 0 Å². The van der Waals surface area contributed by atoms with Crippen molar-refractivity contribution in [2.75, 3.05) is 14.2 Å². The Hall–Kier alpha value is -2.29. The molecule has 0 spiro atoms. The van der Waals surface area contributed by atoms with Crippen LogP contribution in [0.5, 0.6) is 11.5 Å². The van der Waals surface area contributed by atoms with Crippen LogP contribution in [-0.2, 0) is 0 Å². The lowest BCUT2D eigenvalue weighted by atomic mass is 9.61. The summed E-state index contributed by atoms with van der Waals surface area (Å²) in [6.45, 7) is 0. The minimum absolute atomic E-state index is 0.0594. The standard InChI is InChI=1S/C22H24O3/c1-24-15-12-10-14(11-13-15)20-16-6-3-4-7-17(16)21-18(22(20)23)8-5-9-19(21)25-2/h5,8-13,16-17,20H,3-4,6-7H2,1-2H3/t16-,17+,20?/m0/s1. The first-order chi connectivity index (χ1) is 12.2. The molecule has 0 radical (unpaired) electrons. The van der Waals surface area contributed by atoms with Crippen LogP contribution in [0.15, 0.2) is 42.5 Å². The maximum atomic E-state index is 13.4. The zero-order valence-electron chi connectivity index (χ0n) is 14.8. The summed E-state index contributed by atoms with van der Waals surface area (Å²) >= 11 is 0. The molecule has 3 atom stereocenters. The van der Waals surface area contributed by atoms with E-state index in [0.717, 1.165) is 41.0 Å². The van der Waals surface area contributed by atoms with Gasteiger partial charge in [0.2, 0.25) is 0 Å². The second kappa shape index (κ2) is 6.55. The topological polar surface area (TPSA) is 35.5 Å². The minimum atomic E-state index is -0.0594. The number of Topliss-reactive ketones (excluding diaryl/α,β-unsaturated/α-hetero) is 1. The first-order valence-electron chi connectivity index (χ1n) is 9.09. The number of fused-ring (bicyclic) bond motifs is 3. The van der Waals surface area contributed by atoms with E-state index in [2.05, 4.69) is 12.1 Å². The summed E-state index contributed by atoms with van der Waals surface area (Å²) in [5, 5.41) is 0. The van der Waals surface area contributed by atoms with Crippen molar-refractivity contribution in [2.24, 2.45) is 5.92 Å². The number of hydrogen-bond donors (Lipinski definition) is 0. The van der Waals surface area contributed by atoms with Crippen LogP contribution in [0.4, 0.5) is 0 Å². The highest BCUT2D eigenvalue weighted by molar-refractivity contribution is 6.04. The van der Waals surface area contributed by atoms with E-state index >= 15 is 0 Å². The van der Waals surface area contributed by atoms with Gasteiger partial charge in [-0.25, -0.2) is 0 Å². The molecule has 1 saturated carbocycles. The lowest BCUT2D eigenvalue weighted by molar-refractivity contribution is 0.0871. The van der Waals surface area contributed by atoms with Gasteiger partial charge in [0.05, 0.1) is 20.1 Å². The molecule has 2 aromatic carbocycles. The van der Waals surface area contributed by atoms with Gasteiger partial charge < -0.3 is 9.47 Å². The number of ketones is 1. The van der Waals surface area contributed by atoms with Gasteiger partial charge in [-0.1, -0.05) is 37.1 Å². The SMILES string of the molecule is COc1ccc(C2C(=O)c3cccc(OC)c3[C@@H]3CCCC[C@H]23)cc1. The van der Waals surface area contributed by atoms with Crippen molar-refractivity contribution in [1.29, 1.82) is 0 Å². The van der Waals surface area contributed by atoms with Crippen molar-refractivity contribution < 1.29 is 14.3 Å². The maximum Gasteiger partial charge on any atom is 0.171 e. The largest absolute Gasteiger partial charge is 0.497 e. The Bertz CT molecular complexity index is 778. The highest BCUT2D eigenvalue weighted by Crippen LogP contribution is 2.53. The predicted octanol–water partition coefficient (Wildman–Crippen LogP) is 4.96. The fourth-order valence-corrected chi connectivity index (χ4v) is 4.81. The molecule has 130 valence electrons. The average molecular weight is 336 g/mol. The van der Waals surface area contributed by atoms with Crippen molar-refractivity contribution in [3.63, 3.8) is 0 Å². The van der Waals surface area contributed by atoms with Crippen LogP contribution in [0.25, 0.3) is 0 Å². The smallest absolute Gasteiger partial charge is 0.171 e. The molecular formula is C22H24O3. The van der Waals surface area contributed by atoms with E-state index in [1.54, 1.807) is 14.2 Å². The third-order valence-corrected chi connectivity index (χ3v) is 5.93. The van der Waals surface area contributed by atoms with Gasteiger partial charge in [-0.05, 0) is 48.4 Å². The molecule has 0 aromatic heterocycles. The normalized spacial score (nSPS) is 25.0. The van der Waals surface area contributed by atoms with Gasteiger partial charge in [0.15, 0.2) is 5.78 Å². The summed E-state index contributed by atoms with van der Waals surface area (Å²) in [6.07, 6.45) is 4.66. The Kier molecular flexibility index (Phi) is 4.24. The third-order valence-electron chi connectivity index (χ3n) is 5.93. The van der Waals surface area contributed by atoms with Crippen LogP contribution in [0.2, 0.25) is 0 Å². The summed E-state index contributed by atoms with van der Waals surface area (Å²) in [7, 11) is 3.37. The Balaban J connectivity index is 1.83. The van der Waals surface area contributed by atoms with Gasteiger partial charge in [-0.3, -0.25) is 4.79 Å². The number of methoxy groups -OCH3 is 2. The summed E-state index contributed by atoms with van der Waals surface area (Å²) in [4.78, 5) is 13.4. The van der Waals surface area contributed by atoms with Crippen LogP contribution in [-0.4, -0.2) is 20.0 Å². The lowest BCUT2D eigenvalue weighted by Gasteiger charge is -2.42. The van der Waals surface area contributed by atoms with Crippen LogP contribution in [0.3, 0.4) is 0 Å². The van der Waals surface area contributed by atoms with Crippen LogP contribution < -0.4 is 9.47 Å². The van der Waals surface area contributed by atoms with E-state index in [1.165, 1.54) is 12.8 Å². The first-order valence-corrected chi connectivity index (χ1v) is 9.09. The average Bonchev–Trinajstić information content (AvgIpc) is 2.68. The summed E-state index contributed by atoms with van der Waals surface area (Å²) in [5.74, 6) is 2.64. The number of ether oxygens (including phenoxy) is 2. The number of rotatable bonds is 3. The molecule has 0 aliphatic heterocycles. The number of carbonyl (C=O) groups excluding carboxylic acids is 1. The molecule has 0 bridgehead atoms. The Labute approximate surface area is 149 Å². The maximum absolute atomic E-state index is 13.4. The van der Waals surface area contributed by atoms with Crippen LogP contribution in [0, 0.1) is 5.92 Å². The highest BCUT2D eigenvalue weighted by Gasteiger charge is 2.44. The molecule has 25 heavy (non-hydrogen) atoms. The van der Waals surface area contributed by atoms with E-state index in [1.807, 2.05) is 30.3 Å². The molecule has 3 heteroatoms. The molecule has 1 fully saturated rings. The molecular weight excluding hydrogens is 312 g/mol. The monoisotopic (exact) mass is 336 g/mol. The van der Waals surface area contributed by atoms with E-state index in [0.29, 0.717) is 11.8 Å². The van der Waals surface area contributed by atoms with Crippen LogP contribution >= 0.6 is 0 Å². The Morgan fingerprint density at radius 1 is 0.920 bits per heavy atom. The fourth-order valence-electron chi connectivity index (χ4n) is 4.81. The minimum Gasteiger partial charge on any atom is -0.497 e. The van der Waals surface area contributed by atoms with Crippen molar-refractivity contribution in [1.82, 2.24) is 0 Å². The van der Waals surface area contributed by atoms with Gasteiger partial charge in [-0.2, -0.15) is 0 Å². The first kappa shape index (κ1) is 16.2. The summed E-state index contributed by atoms with van der Waals surface area (Å²) in [5.41, 5.74) is 3.10. The highest BCUT2D eigenvalue weighted by atomic mass is 16.5. The number of benzene rings is 2. The van der Waals surface area contributed by atoms with Crippen molar-refractivity contribution in [3.8, 4) is 11.5 Å². The molecule has 0 saturated heterocycles.